The van der Waals surface area contributed by atoms with Gasteiger partial charge in [-0.15, -0.1) is 0 Å². The Kier molecular flexibility index (Phi) is 3.72. The van der Waals surface area contributed by atoms with Crippen LogP contribution in [0.25, 0.3) is 0 Å². The van der Waals surface area contributed by atoms with Gasteiger partial charge >= 0.3 is 0 Å². The van der Waals surface area contributed by atoms with Crippen LogP contribution in [-0.4, -0.2) is 21.1 Å². The molecule has 5 heteroatoms. The van der Waals surface area contributed by atoms with Crippen LogP contribution in [0, 0.1) is 13.8 Å². The summed E-state index contributed by atoms with van der Waals surface area (Å²) in [6.07, 6.45) is 4.61. The Morgan fingerprint density at radius 3 is 2.89 bits per heavy atom. The number of aromatic amines is 1. The Balaban J connectivity index is 1.88. The summed E-state index contributed by atoms with van der Waals surface area (Å²) in [7, 11) is 0. The van der Waals surface area contributed by atoms with Gasteiger partial charge in [-0.25, -0.2) is 0 Å². The predicted octanol–water partition coefficient (Wildman–Crippen LogP) is 1.99. The fourth-order valence-corrected chi connectivity index (χ4v) is 1.61. The third-order valence-corrected chi connectivity index (χ3v) is 2.87. The minimum absolute atomic E-state index is 0.0338. The van der Waals surface area contributed by atoms with Gasteiger partial charge in [0.15, 0.2) is 5.82 Å². The van der Waals surface area contributed by atoms with Crippen LogP contribution in [0.3, 0.4) is 0 Å². The summed E-state index contributed by atoms with van der Waals surface area (Å²) in [4.78, 5) is 15.8. The van der Waals surface area contributed by atoms with Crippen LogP contribution < -0.4 is 5.32 Å². The number of nitrogens with zero attached hydrogens (tertiary/aromatic N) is 2. The molecule has 0 radical (unpaired) electrons. The highest BCUT2D eigenvalue weighted by molar-refractivity contribution is 5.90. The second-order valence-electron chi connectivity index (χ2n) is 4.23. The quantitative estimate of drug-likeness (QED) is 0.864. The van der Waals surface area contributed by atoms with E-state index in [4.69, 9.17) is 0 Å². The fourth-order valence-electron chi connectivity index (χ4n) is 1.61. The van der Waals surface area contributed by atoms with E-state index in [2.05, 4.69) is 20.5 Å². The van der Waals surface area contributed by atoms with Crippen molar-refractivity contribution in [3.05, 3.63) is 41.3 Å². The van der Waals surface area contributed by atoms with Gasteiger partial charge in [0.1, 0.15) is 0 Å². The molecule has 0 spiro atoms. The number of nitrogens with one attached hydrogen (secondary N) is 2. The predicted molar refractivity (Wildman–Crippen MR) is 69.2 cm³/mol. The Bertz CT molecular complexity index is 533. The van der Waals surface area contributed by atoms with Crippen molar-refractivity contribution < 1.29 is 4.79 Å². The van der Waals surface area contributed by atoms with Crippen molar-refractivity contribution in [2.45, 2.75) is 26.7 Å². The number of carbonyl (C=O) groups is 1. The molecule has 18 heavy (non-hydrogen) atoms. The maximum atomic E-state index is 11.8. The zero-order valence-electron chi connectivity index (χ0n) is 10.5. The van der Waals surface area contributed by atoms with Gasteiger partial charge in [-0.1, -0.05) is 6.07 Å². The average molecular weight is 244 g/mol. The van der Waals surface area contributed by atoms with E-state index in [1.165, 1.54) is 0 Å². The first-order valence-corrected chi connectivity index (χ1v) is 5.87. The Morgan fingerprint density at radius 2 is 2.28 bits per heavy atom. The highest BCUT2D eigenvalue weighted by Gasteiger charge is 2.09. The van der Waals surface area contributed by atoms with Gasteiger partial charge < -0.3 is 5.32 Å². The number of aromatic nitrogens is 3. The second-order valence-corrected chi connectivity index (χ2v) is 4.23. The van der Waals surface area contributed by atoms with E-state index in [9.17, 15) is 4.79 Å². The fraction of sp³-hybridized carbons (Fsp3) is 0.308. The highest BCUT2D eigenvalue weighted by atomic mass is 16.1. The van der Waals surface area contributed by atoms with Gasteiger partial charge in [-0.2, -0.15) is 5.10 Å². The molecule has 0 aliphatic rings. The van der Waals surface area contributed by atoms with E-state index in [1.54, 1.807) is 12.4 Å². The van der Waals surface area contributed by atoms with Crippen LogP contribution in [-0.2, 0) is 11.2 Å². The molecule has 0 atom stereocenters. The lowest BCUT2D eigenvalue weighted by Crippen LogP contribution is -2.13. The number of pyridine rings is 1. The number of hydrogen-bond acceptors (Lipinski definition) is 3. The Hall–Kier alpha value is -2.17. The maximum Gasteiger partial charge on any atom is 0.225 e. The van der Waals surface area contributed by atoms with Crippen LogP contribution in [0.15, 0.2) is 24.5 Å². The molecule has 0 bridgehead atoms. The number of H-pyrrole nitrogens is 1. The minimum atomic E-state index is -0.0338. The topological polar surface area (TPSA) is 70.7 Å². The maximum absolute atomic E-state index is 11.8. The van der Waals surface area contributed by atoms with E-state index in [1.807, 2.05) is 26.0 Å². The summed E-state index contributed by atoms with van der Waals surface area (Å²) in [5, 5.41) is 9.68. The van der Waals surface area contributed by atoms with Gasteiger partial charge in [-0.05, 0) is 31.9 Å². The standard InChI is InChI=1S/C13H16N4O/c1-9-10(2)16-17-13(9)15-12(18)6-5-11-4-3-7-14-8-11/h3-4,7-8H,5-6H2,1-2H3,(H2,15,16,17,18). The molecule has 0 aliphatic heterocycles. The second kappa shape index (κ2) is 5.44. The molecular weight excluding hydrogens is 228 g/mol. The van der Waals surface area contributed by atoms with Crippen molar-refractivity contribution in [3.63, 3.8) is 0 Å². The van der Waals surface area contributed by atoms with Crippen LogP contribution >= 0.6 is 0 Å². The van der Waals surface area contributed by atoms with Crippen LogP contribution in [0.5, 0.6) is 0 Å². The summed E-state index contributed by atoms with van der Waals surface area (Å²) < 4.78 is 0. The van der Waals surface area contributed by atoms with Crippen LogP contribution in [0.1, 0.15) is 23.2 Å². The largest absolute Gasteiger partial charge is 0.309 e. The molecule has 2 aromatic rings. The van der Waals surface area contributed by atoms with Gasteiger partial charge in [0.05, 0.1) is 0 Å². The number of rotatable bonds is 4. The molecule has 0 saturated carbocycles. The van der Waals surface area contributed by atoms with Crippen molar-refractivity contribution in [1.82, 2.24) is 15.2 Å². The van der Waals surface area contributed by atoms with Crippen molar-refractivity contribution in [2.75, 3.05) is 5.32 Å². The molecule has 2 N–H and O–H groups in total. The molecule has 2 heterocycles. The molecule has 2 rings (SSSR count). The summed E-state index contributed by atoms with van der Waals surface area (Å²) >= 11 is 0. The zero-order valence-corrected chi connectivity index (χ0v) is 10.5. The van der Waals surface area contributed by atoms with Crippen LogP contribution in [0.4, 0.5) is 5.82 Å². The number of anilines is 1. The van der Waals surface area contributed by atoms with E-state index < -0.39 is 0 Å². The third-order valence-electron chi connectivity index (χ3n) is 2.87. The van der Waals surface area contributed by atoms with Gasteiger partial charge in [0.2, 0.25) is 5.91 Å². The molecule has 0 unspecified atom stereocenters. The minimum Gasteiger partial charge on any atom is -0.309 e. The van der Waals surface area contributed by atoms with E-state index in [0.29, 0.717) is 18.7 Å². The monoisotopic (exact) mass is 244 g/mol. The smallest absolute Gasteiger partial charge is 0.225 e. The molecule has 1 amide bonds. The Labute approximate surface area is 106 Å². The number of aryl methyl sites for hydroxylation is 2. The molecule has 0 aliphatic carbocycles. The summed E-state index contributed by atoms with van der Waals surface area (Å²) in [5.74, 6) is 0.581. The van der Waals surface area contributed by atoms with Crippen molar-refractivity contribution in [3.8, 4) is 0 Å². The Morgan fingerprint density at radius 1 is 1.44 bits per heavy atom. The molecule has 0 fully saturated rings. The molecule has 0 saturated heterocycles. The summed E-state index contributed by atoms with van der Waals surface area (Å²) in [6, 6.07) is 3.83. The van der Waals surface area contributed by atoms with E-state index in [-0.39, 0.29) is 5.91 Å². The normalized spacial score (nSPS) is 10.3. The lowest BCUT2D eigenvalue weighted by Gasteiger charge is -2.03. The zero-order chi connectivity index (χ0) is 13.0. The average Bonchev–Trinajstić information content (AvgIpc) is 2.70. The first-order valence-electron chi connectivity index (χ1n) is 5.87. The number of hydrogen-bond donors (Lipinski definition) is 2. The highest BCUT2D eigenvalue weighted by Crippen LogP contribution is 2.14. The third kappa shape index (κ3) is 2.94. The molecule has 2 aromatic heterocycles. The van der Waals surface area contributed by atoms with E-state index in [0.717, 1.165) is 16.8 Å². The molecular formula is C13H16N4O. The molecule has 0 aromatic carbocycles. The van der Waals surface area contributed by atoms with Gasteiger partial charge in [-0.3, -0.25) is 14.9 Å². The first-order chi connectivity index (χ1) is 8.66. The van der Waals surface area contributed by atoms with Gasteiger partial charge in [0.25, 0.3) is 0 Å². The molecule has 5 nitrogen and oxygen atoms in total. The summed E-state index contributed by atoms with van der Waals surface area (Å²) in [6.45, 7) is 3.85. The van der Waals surface area contributed by atoms with Crippen molar-refractivity contribution >= 4 is 11.7 Å². The SMILES string of the molecule is Cc1[nH]nc(NC(=O)CCc2cccnc2)c1C. The first kappa shape index (κ1) is 12.3. The summed E-state index contributed by atoms with van der Waals surface area (Å²) in [5.41, 5.74) is 3.00. The number of carbonyl (C=O) groups excluding carboxylic acids is 1. The van der Waals surface area contributed by atoms with Crippen molar-refractivity contribution in [2.24, 2.45) is 0 Å². The number of amides is 1. The van der Waals surface area contributed by atoms with Crippen LogP contribution in [0.2, 0.25) is 0 Å². The molecule has 94 valence electrons. The van der Waals surface area contributed by atoms with E-state index >= 15 is 0 Å². The lowest BCUT2D eigenvalue weighted by molar-refractivity contribution is -0.116. The lowest BCUT2D eigenvalue weighted by atomic mass is 10.1. The van der Waals surface area contributed by atoms with Crippen molar-refractivity contribution in [1.29, 1.82) is 0 Å². The van der Waals surface area contributed by atoms with Gasteiger partial charge in [0, 0.05) is 30.1 Å².